The second-order valence-electron chi connectivity index (χ2n) is 6.64. The zero-order valence-electron chi connectivity index (χ0n) is 15.0. The molecule has 0 saturated heterocycles. The molecule has 0 aliphatic carbocycles. The molecular formula is C23H21F2NO. The van der Waals surface area contributed by atoms with E-state index in [4.69, 9.17) is 0 Å². The molecular weight excluding hydrogens is 344 g/mol. The van der Waals surface area contributed by atoms with E-state index in [9.17, 15) is 13.6 Å². The number of nitrogens with one attached hydrogen (secondary N) is 1. The summed E-state index contributed by atoms with van der Waals surface area (Å²) in [4.78, 5) is 12.6. The van der Waals surface area contributed by atoms with E-state index < -0.39 is 17.5 Å². The van der Waals surface area contributed by atoms with Crippen molar-refractivity contribution in [1.29, 1.82) is 0 Å². The smallest absolute Gasteiger partial charge is 0.251 e. The number of amides is 1. The molecule has 3 aromatic carbocycles. The number of hydrogen-bond donors (Lipinski definition) is 1. The Hall–Kier alpha value is -3.01. The lowest BCUT2D eigenvalue weighted by molar-refractivity contribution is 0.0932. The van der Waals surface area contributed by atoms with Gasteiger partial charge in [-0.1, -0.05) is 67.6 Å². The third kappa shape index (κ3) is 5.00. The van der Waals surface area contributed by atoms with Gasteiger partial charge < -0.3 is 5.32 Å². The van der Waals surface area contributed by atoms with Gasteiger partial charge in [0.15, 0.2) is 0 Å². The SMILES string of the molecule is C[C@@H](C[C@@H](NC(=O)c1cc(F)cc(F)c1)c1ccccc1)c1ccccc1. The van der Waals surface area contributed by atoms with Crippen LogP contribution in [0.3, 0.4) is 0 Å². The highest BCUT2D eigenvalue weighted by atomic mass is 19.1. The highest BCUT2D eigenvalue weighted by molar-refractivity contribution is 5.94. The van der Waals surface area contributed by atoms with Crippen LogP contribution in [0.25, 0.3) is 0 Å². The van der Waals surface area contributed by atoms with E-state index in [2.05, 4.69) is 24.4 Å². The van der Waals surface area contributed by atoms with Gasteiger partial charge in [0.2, 0.25) is 0 Å². The minimum Gasteiger partial charge on any atom is -0.345 e. The molecule has 0 saturated carbocycles. The fourth-order valence-electron chi connectivity index (χ4n) is 3.16. The first-order valence-electron chi connectivity index (χ1n) is 8.90. The summed E-state index contributed by atoms with van der Waals surface area (Å²) in [5.41, 5.74) is 2.09. The largest absolute Gasteiger partial charge is 0.345 e. The van der Waals surface area contributed by atoms with Gasteiger partial charge in [-0.2, -0.15) is 0 Å². The standard InChI is InChI=1S/C23H21F2NO/c1-16(17-8-4-2-5-9-17)12-22(18-10-6-3-7-11-18)26-23(27)19-13-20(24)15-21(25)14-19/h2-11,13-16,22H,12H2,1H3,(H,26,27)/t16-,22+/m0/s1. The molecule has 1 amide bonds. The van der Waals surface area contributed by atoms with Crippen LogP contribution in [0, 0.1) is 11.6 Å². The maximum absolute atomic E-state index is 13.5. The summed E-state index contributed by atoms with van der Waals surface area (Å²) >= 11 is 0. The van der Waals surface area contributed by atoms with Crippen LogP contribution in [0.4, 0.5) is 8.78 Å². The monoisotopic (exact) mass is 365 g/mol. The van der Waals surface area contributed by atoms with Gasteiger partial charge in [-0.25, -0.2) is 8.78 Å². The molecule has 0 spiro atoms. The van der Waals surface area contributed by atoms with Crippen LogP contribution < -0.4 is 5.32 Å². The number of rotatable bonds is 6. The average Bonchev–Trinajstić information content (AvgIpc) is 2.68. The summed E-state index contributed by atoms with van der Waals surface area (Å²) in [6.07, 6.45) is 0.664. The van der Waals surface area contributed by atoms with Crippen LogP contribution >= 0.6 is 0 Å². The molecule has 1 N–H and O–H groups in total. The average molecular weight is 365 g/mol. The third-order valence-corrected chi connectivity index (χ3v) is 4.59. The van der Waals surface area contributed by atoms with E-state index in [1.165, 1.54) is 5.56 Å². The summed E-state index contributed by atoms with van der Waals surface area (Å²) in [5.74, 6) is -1.84. The highest BCUT2D eigenvalue weighted by Gasteiger charge is 2.20. The number of carbonyl (C=O) groups is 1. The van der Waals surface area contributed by atoms with Gasteiger partial charge in [-0.05, 0) is 35.6 Å². The van der Waals surface area contributed by atoms with E-state index in [-0.39, 0.29) is 17.5 Å². The second-order valence-corrected chi connectivity index (χ2v) is 6.64. The molecule has 2 nitrogen and oxygen atoms in total. The maximum atomic E-state index is 13.5. The van der Waals surface area contributed by atoms with Crippen LogP contribution in [0.2, 0.25) is 0 Å². The Bertz CT molecular complexity index is 877. The van der Waals surface area contributed by atoms with Crippen LogP contribution in [0.15, 0.2) is 78.9 Å². The fourth-order valence-corrected chi connectivity index (χ4v) is 3.16. The van der Waals surface area contributed by atoms with E-state index in [1.807, 2.05) is 48.5 Å². The molecule has 0 bridgehead atoms. The first-order valence-corrected chi connectivity index (χ1v) is 8.90. The first kappa shape index (κ1) is 18.8. The Balaban J connectivity index is 1.83. The lowest BCUT2D eigenvalue weighted by Gasteiger charge is -2.23. The minimum atomic E-state index is -0.769. The van der Waals surface area contributed by atoms with E-state index in [0.29, 0.717) is 6.42 Å². The van der Waals surface area contributed by atoms with E-state index >= 15 is 0 Å². The Morgan fingerprint density at radius 1 is 0.852 bits per heavy atom. The highest BCUT2D eigenvalue weighted by Crippen LogP contribution is 2.28. The van der Waals surface area contributed by atoms with Crippen LogP contribution in [-0.4, -0.2) is 5.91 Å². The fraction of sp³-hybridized carbons (Fsp3) is 0.174. The van der Waals surface area contributed by atoms with Gasteiger partial charge in [0.1, 0.15) is 11.6 Å². The van der Waals surface area contributed by atoms with Gasteiger partial charge in [-0.3, -0.25) is 4.79 Å². The topological polar surface area (TPSA) is 29.1 Å². The Morgan fingerprint density at radius 3 is 1.93 bits per heavy atom. The molecule has 0 aliphatic heterocycles. The summed E-state index contributed by atoms with van der Waals surface area (Å²) in [6, 6.07) is 22.2. The number of halogens is 2. The lowest BCUT2D eigenvalue weighted by Crippen LogP contribution is -2.29. The molecule has 0 heterocycles. The molecule has 3 rings (SSSR count). The van der Waals surface area contributed by atoms with Crippen molar-refractivity contribution in [3.05, 3.63) is 107 Å². The van der Waals surface area contributed by atoms with Gasteiger partial charge in [-0.15, -0.1) is 0 Å². The summed E-state index contributed by atoms with van der Waals surface area (Å²) in [5, 5.41) is 2.93. The van der Waals surface area contributed by atoms with Gasteiger partial charge >= 0.3 is 0 Å². The van der Waals surface area contributed by atoms with E-state index in [0.717, 1.165) is 23.8 Å². The minimum absolute atomic E-state index is 0.0270. The molecule has 0 fully saturated rings. The third-order valence-electron chi connectivity index (χ3n) is 4.59. The molecule has 3 aromatic rings. The molecule has 0 aliphatic rings. The predicted octanol–water partition coefficient (Wildman–Crippen LogP) is 5.63. The van der Waals surface area contributed by atoms with Gasteiger partial charge in [0.05, 0.1) is 6.04 Å². The Labute approximate surface area is 157 Å². The molecule has 0 radical (unpaired) electrons. The van der Waals surface area contributed by atoms with Gasteiger partial charge in [0, 0.05) is 11.6 Å². The number of hydrogen-bond acceptors (Lipinski definition) is 1. The molecule has 2 atom stereocenters. The zero-order chi connectivity index (χ0) is 19.2. The number of benzene rings is 3. The molecule has 0 unspecified atom stereocenters. The van der Waals surface area contributed by atoms with Crippen LogP contribution in [0.1, 0.15) is 46.8 Å². The van der Waals surface area contributed by atoms with E-state index in [1.54, 1.807) is 0 Å². The van der Waals surface area contributed by atoms with Crippen molar-refractivity contribution >= 4 is 5.91 Å². The van der Waals surface area contributed by atoms with Crippen molar-refractivity contribution in [1.82, 2.24) is 5.32 Å². The first-order chi connectivity index (χ1) is 13.0. The van der Waals surface area contributed by atoms with Gasteiger partial charge in [0.25, 0.3) is 5.91 Å². The van der Waals surface area contributed by atoms with Crippen LogP contribution in [-0.2, 0) is 0 Å². The van der Waals surface area contributed by atoms with Crippen LogP contribution in [0.5, 0.6) is 0 Å². The summed E-state index contributed by atoms with van der Waals surface area (Å²) in [6.45, 7) is 2.10. The molecule has 4 heteroatoms. The second kappa shape index (κ2) is 8.58. The quantitative estimate of drug-likeness (QED) is 0.603. The number of carbonyl (C=O) groups excluding carboxylic acids is 1. The van der Waals surface area contributed by atoms with Crippen molar-refractivity contribution in [2.24, 2.45) is 0 Å². The predicted molar refractivity (Wildman–Crippen MR) is 102 cm³/mol. The molecule has 0 aromatic heterocycles. The maximum Gasteiger partial charge on any atom is 0.251 e. The van der Waals surface area contributed by atoms with Crippen molar-refractivity contribution in [2.45, 2.75) is 25.3 Å². The Morgan fingerprint density at radius 2 is 1.37 bits per heavy atom. The van der Waals surface area contributed by atoms with Crippen molar-refractivity contribution in [3.63, 3.8) is 0 Å². The van der Waals surface area contributed by atoms with Crippen molar-refractivity contribution < 1.29 is 13.6 Å². The zero-order valence-corrected chi connectivity index (χ0v) is 15.0. The Kier molecular flexibility index (Phi) is 5.97. The summed E-state index contributed by atoms with van der Waals surface area (Å²) < 4.78 is 26.9. The lowest BCUT2D eigenvalue weighted by atomic mass is 9.90. The molecule has 27 heavy (non-hydrogen) atoms. The van der Waals surface area contributed by atoms with Crippen molar-refractivity contribution in [3.8, 4) is 0 Å². The molecule has 138 valence electrons. The van der Waals surface area contributed by atoms with Crippen molar-refractivity contribution in [2.75, 3.05) is 0 Å². The normalized spacial score (nSPS) is 13.0. The summed E-state index contributed by atoms with van der Waals surface area (Å²) in [7, 11) is 0.